The number of nitrogens with zero attached hydrogens (tertiary/aromatic N) is 2. The van der Waals surface area contributed by atoms with Gasteiger partial charge in [-0.2, -0.15) is 4.98 Å². The van der Waals surface area contributed by atoms with Crippen molar-refractivity contribution < 1.29 is 4.74 Å². The molecule has 0 aliphatic rings. The molecule has 5 rings (SSSR count). The van der Waals surface area contributed by atoms with E-state index in [2.05, 4.69) is 74.0 Å². The highest BCUT2D eigenvalue weighted by Crippen LogP contribution is 2.27. The third kappa shape index (κ3) is 4.09. The van der Waals surface area contributed by atoms with E-state index in [0.717, 1.165) is 35.6 Å². The fourth-order valence-electron chi connectivity index (χ4n) is 4.02. The number of methoxy groups -OCH3 is 1. The quantitative estimate of drug-likeness (QED) is 0.280. The van der Waals surface area contributed by atoms with Gasteiger partial charge in [-0.05, 0) is 71.8 Å². The summed E-state index contributed by atoms with van der Waals surface area (Å²) in [6, 6.07) is 14.5. The van der Waals surface area contributed by atoms with Crippen molar-refractivity contribution in [3.05, 3.63) is 77.7 Å². The van der Waals surface area contributed by atoms with E-state index >= 15 is 0 Å². The SMILES string of the molecule is COc1cc(C)c2[nH]cc(CCNc3nccc(NCc4ccc5[nH]ccc5c4)n3)c2c1. The molecular formula is C25H26N6O. The van der Waals surface area contributed by atoms with Crippen molar-refractivity contribution in [1.29, 1.82) is 0 Å². The number of aromatic nitrogens is 4. The second-order valence-electron chi connectivity index (χ2n) is 7.88. The Bertz CT molecular complexity index is 1370. The molecule has 7 nitrogen and oxygen atoms in total. The van der Waals surface area contributed by atoms with Gasteiger partial charge in [0.25, 0.3) is 0 Å². The van der Waals surface area contributed by atoms with Crippen molar-refractivity contribution >= 4 is 33.6 Å². The topological polar surface area (TPSA) is 90.6 Å². The fraction of sp³-hybridized carbons (Fsp3) is 0.200. The van der Waals surface area contributed by atoms with Gasteiger partial charge in [0.05, 0.1) is 7.11 Å². The Morgan fingerprint density at radius 1 is 1.03 bits per heavy atom. The van der Waals surface area contributed by atoms with Crippen molar-refractivity contribution in [3.8, 4) is 5.75 Å². The maximum absolute atomic E-state index is 5.43. The zero-order chi connectivity index (χ0) is 21.9. The minimum Gasteiger partial charge on any atom is -0.497 e. The van der Waals surface area contributed by atoms with Gasteiger partial charge in [-0.3, -0.25) is 0 Å². The van der Waals surface area contributed by atoms with Crippen LogP contribution < -0.4 is 15.4 Å². The van der Waals surface area contributed by atoms with E-state index in [-0.39, 0.29) is 0 Å². The van der Waals surface area contributed by atoms with Gasteiger partial charge in [-0.25, -0.2) is 4.98 Å². The lowest BCUT2D eigenvalue weighted by molar-refractivity contribution is 0.415. The highest BCUT2D eigenvalue weighted by atomic mass is 16.5. The van der Waals surface area contributed by atoms with Gasteiger partial charge in [0.15, 0.2) is 0 Å². The second-order valence-corrected chi connectivity index (χ2v) is 7.88. The Kier molecular flexibility index (Phi) is 5.37. The van der Waals surface area contributed by atoms with Gasteiger partial charge in [-0.15, -0.1) is 0 Å². The van der Waals surface area contributed by atoms with E-state index in [1.54, 1.807) is 13.3 Å². The first-order chi connectivity index (χ1) is 15.7. The summed E-state index contributed by atoms with van der Waals surface area (Å²) < 4.78 is 5.43. The number of rotatable bonds is 8. The smallest absolute Gasteiger partial charge is 0.224 e. The number of H-pyrrole nitrogens is 2. The van der Waals surface area contributed by atoms with Crippen LogP contribution in [0.1, 0.15) is 16.7 Å². The molecule has 5 aromatic rings. The molecule has 0 saturated heterocycles. The Hall–Kier alpha value is -4.00. The Morgan fingerprint density at radius 3 is 2.88 bits per heavy atom. The molecule has 0 radical (unpaired) electrons. The summed E-state index contributed by atoms with van der Waals surface area (Å²) in [4.78, 5) is 15.6. The normalized spacial score (nSPS) is 11.2. The van der Waals surface area contributed by atoms with E-state index in [1.807, 2.05) is 18.3 Å². The van der Waals surface area contributed by atoms with Crippen molar-refractivity contribution in [2.75, 3.05) is 24.3 Å². The number of aromatic amines is 2. The number of hydrogen-bond donors (Lipinski definition) is 4. The van der Waals surface area contributed by atoms with E-state index in [1.165, 1.54) is 27.5 Å². The molecular weight excluding hydrogens is 400 g/mol. The van der Waals surface area contributed by atoms with E-state index in [9.17, 15) is 0 Å². The molecule has 0 amide bonds. The van der Waals surface area contributed by atoms with Crippen LogP contribution in [0, 0.1) is 6.92 Å². The first-order valence-corrected chi connectivity index (χ1v) is 10.7. The van der Waals surface area contributed by atoms with Gasteiger partial charge >= 0.3 is 0 Å². The van der Waals surface area contributed by atoms with Gasteiger partial charge in [0, 0.05) is 48.1 Å². The summed E-state index contributed by atoms with van der Waals surface area (Å²) in [6.07, 6.45) is 6.65. The predicted molar refractivity (Wildman–Crippen MR) is 129 cm³/mol. The third-order valence-corrected chi connectivity index (χ3v) is 5.71. The van der Waals surface area contributed by atoms with Crippen molar-refractivity contribution in [2.24, 2.45) is 0 Å². The summed E-state index contributed by atoms with van der Waals surface area (Å²) in [5, 5.41) is 9.13. The summed E-state index contributed by atoms with van der Waals surface area (Å²) in [5.74, 6) is 2.29. The average molecular weight is 427 g/mol. The first kappa shape index (κ1) is 19.9. The van der Waals surface area contributed by atoms with Gasteiger partial charge in [0.2, 0.25) is 5.95 Å². The maximum Gasteiger partial charge on any atom is 0.224 e. The average Bonchev–Trinajstić information content (AvgIpc) is 3.45. The van der Waals surface area contributed by atoms with Crippen molar-refractivity contribution in [2.45, 2.75) is 19.9 Å². The van der Waals surface area contributed by atoms with E-state index in [0.29, 0.717) is 12.5 Å². The van der Waals surface area contributed by atoms with Crippen LogP contribution in [0.25, 0.3) is 21.8 Å². The minimum atomic E-state index is 0.615. The molecule has 0 aliphatic carbocycles. The number of nitrogens with one attached hydrogen (secondary N) is 4. The predicted octanol–water partition coefficient (Wildman–Crippen LogP) is 5.02. The maximum atomic E-state index is 5.43. The highest BCUT2D eigenvalue weighted by Gasteiger charge is 2.09. The van der Waals surface area contributed by atoms with Crippen LogP contribution in [-0.2, 0) is 13.0 Å². The molecule has 0 bridgehead atoms. The molecule has 32 heavy (non-hydrogen) atoms. The van der Waals surface area contributed by atoms with Crippen LogP contribution in [-0.4, -0.2) is 33.6 Å². The van der Waals surface area contributed by atoms with Crippen LogP contribution in [0.3, 0.4) is 0 Å². The number of anilines is 2. The lowest BCUT2D eigenvalue weighted by Gasteiger charge is -2.09. The molecule has 0 unspecified atom stereocenters. The molecule has 0 aliphatic heterocycles. The Balaban J connectivity index is 1.21. The van der Waals surface area contributed by atoms with Crippen molar-refractivity contribution in [1.82, 2.24) is 19.9 Å². The van der Waals surface area contributed by atoms with Crippen LogP contribution in [0.4, 0.5) is 11.8 Å². The summed E-state index contributed by atoms with van der Waals surface area (Å²) in [7, 11) is 1.70. The first-order valence-electron chi connectivity index (χ1n) is 10.7. The minimum absolute atomic E-state index is 0.615. The zero-order valence-electron chi connectivity index (χ0n) is 18.2. The number of fused-ring (bicyclic) bond motifs is 2. The number of hydrogen-bond acceptors (Lipinski definition) is 5. The molecule has 3 aromatic heterocycles. The summed E-state index contributed by atoms with van der Waals surface area (Å²) in [6.45, 7) is 3.52. The highest BCUT2D eigenvalue weighted by molar-refractivity contribution is 5.87. The molecule has 0 fully saturated rings. The van der Waals surface area contributed by atoms with Crippen LogP contribution in [0.15, 0.2) is 61.1 Å². The number of benzene rings is 2. The monoisotopic (exact) mass is 426 g/mol. The summed E-state index contributed by atoms with van der Waals surface area (Å²) >= 11 is 0. The molecule has 0 saturated carbocycles. The van der Waals surface area contributed by atoms with Crippen LogP contribution in [0.5, 0.6) is 5.75 Å². The van der Waals surface area contributed by atoms with Gasteiger partial charge < -0.3 is 25.3 Å². The van der Waals surface area contributed by atoms with Crippen LogP contribution >= 0.6 is 0 Å². The number of ether oxygens (including phenoxy) is 1. The third-order valence-electron chi connectivity index (χ3n) is 5.71. The van der Waals surface area contributed by atoms with Gasteiger partial charge in [0.1, 0.15) is 11.6 Å². The Morgan fingerprint density at radius 2 is 1.97 bits per heavy atom. The van der Waals surface area contributed by atoms with E-state index in [4.69, 9.17) is 4.74 Å². The molecule has 4 N–H and O–H groups in total. The molecule has 0 atom stereocenters. The molecule has 0 spiro atoms. The second kappa shape index (κ2) is 8.63. The molecule has 3 heterocycles. The molecule has 7 heteroatoms. The van der Waals surface area contributed by atoms with Crippen molar-refractivity contribution in [3.63, 3.8) is 0 Å². The van der Waals surface area contributed by atoms with Crippen LogP contribution in [0.2, 0.25) is 0 Å². The lowest BCUT2D eigenvalue weighted by atomic mass is 10.1. The molecule has 2 aromatic carbocycles. The number of aryl methyl sites for hydroxylation is 1. The fourth-order valence-corrected chi connectivity index (χ4v) is 4.02. The van der Waals surface area contributed by atoms with E-state index < -0.39 is 0 Å². The lowest BCUT2D eigenvalue weighted by Crippen LogP contribution is -2.09. The largest absolute Gasteiger partial charge is 0.497 e. The van der Waals surface area contributed by atoms with Gasteiger partial charge in [-0.1, -0.05) is 6.07 Å². The Labute approximate surface area is 186 Å². The summed E-state index contributed by atoms with van der Waals surface area (Å²) in [5.41, 5.74) is 5.92. The standard InChI is InChI=1S/C25H26N6O/c1-16-11-20(32-2)13-21-19(15-30-24(16)21)6-9-27-25-28-10-7-23(31-25)29-14-17-3-4-22-18(12-17)5-8-26-22/h3-5,7-8,10-13,15,26,30H,6,9,14H2,1-2H3,(H2,27,28,29,31). The molecule has 162 valence electrons. The zero-order valence-corrected chi connectivity index (χ0v) is 18.2.